The maximum atomic E-state index is 12.0. The third-order valence-corrected chi connectivity index (χ3v) is 2.25. The Morgan fingerprint density at radius 3 is 2.63 bits per heavy atom. The zero-order chi connectivity index (χ0) is 13.8. The molecule has 2 rings (SSSR count). The Balaban J connectivity index is 2.11. The largest absolute Gasteiger partial charge is 0.435 e. The number of alkyl halides is 2. The van der Waals surface area contributed by atoms with Crippen LogP contribution in [0.4, 0.5) is 20.3 Å². The summed E-state index contributed by atoms with van der Waals surface area (Å²) >= 11 is 0. The summed E-state index contributed by atoms with van der Waals surface area (Å²) in [6.07, 6.45) is 1.36. The smallest absolute Gasteiger partial charge is 0.387 e. The van der Waals surface area contributed by atoms with Crippen LogP contribution in [0.25, 0.3) is 0 Å². The van der Waals surface area contributed by atoms with Crippen LogP contribution in [0.1, 0.15) is 10.4 Å². The Bertz CT molecular complexity index is 568. The van der Waals surface area contributed by atoms with Gasteiger partial charge in [0, 0.05) is 11.9 Å². The van der Waals surface area contributed by atoms with Crippen LogP contribution in [0.15, 0.2) is 30.5 Å². The van der Waals surface area contributed by atoms with Gasteiger partial charge in [-0.2, -0.15) is 13.9 Å². The number of H-pyrrole nitrogens is 1. The predicted octanol–water partition coefficient (Wildman–Crippen LogP) is 1.85. The van der Waals surface area contributed by atoms with Gasteiger partial charge < -0.3 is 15.8 Å². The number of aromatic nitrogens is 2. The van der Waals surface area contributed by atoms with Crippen LogP contribution in [0.2, 0.25) is 0 Å². The highest BCUT2D eigenvalue weighted by atomic mass is 19.3. The lowest BCUT2D eigenvalue weighted by Crippen LogP contribution is -2.12. The lowest BCUT2D eigenvalue weighted by molar-refractivity contribution is -0.0498. The van der Waals surface area contributed by atoms with Crippen LogP contribution in [0.3, 0.4) is 0 Å². The molecule has 1 aromatic heterocycles. The van der Waals surface area contributed by atoms with E-state index in [9.17, 15) is 13.6 Å². The molecular weight excluding hydrogens is 258 g/mol. The summed E-state index contributed by atoms with van der Waals surface area (Å²) in [6, 6.07) is 5.75. The highest BCUT2D eigenvalue weighted by molar-refractivity contribution is 5.97. The lowest BCUT2D eigenvalue weighted by atomic mass is 10.2. The normalized spacial score (nSPS) is 10.5. The minimum absolute atomic E-state index is 0.0395. The van der Waals surface area contributed by atoms with Gasteiger partial charge in [0.1, 0.15) is 11.3 Å². The number of primary amides is 1. The van der Waals surface area contributed by atoms with Crippen LogP contribution < -0.4 is 15.8 Å². The van der Waals surface area contributed by atoms with Crippen molar-refractivity contribution in [1.29, 1.82) is 0 Å². The average molecular weight is 268 g/mol. The second kappa shape index (κ2) is 5.34. The molecule has 0 aliphatic rings. The number of ether oxygens (including phenoxy) is 1. The molecule has 1 aromatic carbocycles. The van der Waals surface area contributed by atoms with Crippen molar-refractivity contribution >= 4 is 17.4 Å². The Labute approximate surface area is 106 Å². The van der Waals surface area contributed by atoms with Crippen LogP contribution in [0.5, 0.6) is 5.75 Å². The van der Waals surface area contributed by atoms with Crippen LogP contribution in [-0.4, -0.2) is 22.7 Å². The number of carbonyl (C=O) groups excluding carboxylic acids is 1. The number of anilines is 2. The number of carbonyl (C=O) groups is 1. The van der Waals surface area contributed by atoms with E-state index in [1.807, 2.05) is 0 Å². The Morgan fingerprint density at radius 2 is 2.05 bits per heavy atom. The first-order chi connectivity index (χ1) is 9.06. The topological polar surface area (TPSA) is 93.0 Å². The van der Waals surface area contributed by atoms with Gasteiger partial charge >= 0.3 is 6.61 Å². The van der Waals surface area contributed by atoms with E-state index < -0.39 is 12.5 Å². The van der Waals surface area contributed by atoms with Crippen LogP contribution in [0, 0.1) is 0 Å². The number of nitrogens with two attached hydrogens (primary N) is 1. The molecule has 100 valence electrons. The summed E-state index contributed by atoms with van der Waals surface area (Å²) in [5.74, 6) is -0.332. The molecule has 4 N–H and O–H groups in total. The van der Waals surface area contributed by atoms with Gasteiger partial charge in [0.05, 0.1) is 0 Å². The molecule has 0 spiro atoms. The summed E-state index contributed by atoms with van der Waals surface area (Å²) in [7, 11) is 0. The number of nitrogens with one attached hydrogen (secondary N) is 2. The summed E-state index contributed by atoms with van der Waals surface area (Å²) in [5, 5.41) is 9.14. The van der Waals surface area contributed by atoms with E-state index in [4.69, 9.17) is 5.73 Å². The number of rotatable bonds is 5. The molecule has 6 nitrogen and oxygen atoms in total. The van der Waals surface area contributed by atoms with Gasteiger partial charge in [0.2, 0.25) is 0 Å². The van der Waals surface area contributed by atoms with Crippen LogP contribution in [-0.2, 0) is 0 Å². The van der Waals surface area contributed by atoms with Gasteiger partial charge in [0.25, 0.3) is 5.91 Å². The van der Waals surface area contributed by atoms with Crippen molar-refractivity contribution in [1.82, 2.24) is 10.2 Å². The van der Waals surface area contributed by atoms with Crippen molar-refractivity contribution in [2.24, 2.45) is 5.73 Å². The molecule has 0 fully saturated rings. The minimum Gasteiger partial charge on any atom is -0.435 e. The zero-order valence-electron chi connectivity index (χ0n) is 9.56. The quantitative estimate of drug-likeness (QED) is 0.771. The number of benzene rings is 1. The highest BCUT2D eigenvalue weighted by Crippen LogP contribution is 2.21. The Morgan fingerprint density at radius 1 is 1.37 bits per heavy atom. The maximum absolute atomic E-state index is 12.0. The van der Waals surface area contributed by atoms with E-state index in [1.54, 1.807) is 0 Å². The number of halogens is 2. The molecule has 0 aliphatic carbocycles. The van der Waals surface area contributed by atoms with Gasteiger partial charge in [-0.1, -0.05) is 0 Å². The molecule has 19 heavy (non-hydrogen) atoms. The number of nitrogens with zero attached hydrogens (tertiary/aromatic N) is 1. The molecule has 0 aliphatic heterocycles. The molecule has 1 heterocycles. The van der Waals surface area contributed by atoms with Gasteiger partial charge in [0.15, 0.2) is 5.82 Å². The van der Waals surface area contributed by atoms with E-state index >= 15 is 0 Å². The van der Waals surface area contributed by atoms with Crippen molar-refractivity contribution in [3.05, 3.63) is 36.0 Å². The van der Waals surface area contributed by atoms with Crippen molar-refractivity contribution in [2.45, 2.75) is 6.61 Å². The van der Waals surface area contributed by atoms with Gasteiger partial charge in [-0.15, -0.1) is 0 Å². The van der Waals surface area contributed by atoms with Crippen molar-refractivity contribution < 1.29 is 18.3 Å². The summed E-state index contributed by atoms with van der Waals surface area (Å²) in [4.78, 5) is 11.1. The van der Waals surface area contributed by atoms with Gasteiger partial charge in [-0.3, -0.25) is 9.89 Å². The SMILES string of the molecule is NC(=O)c1c[nH]nc1Nc1ccc(OC(F)F)cc1. The molecule has 0 saturated heterocycles. The summed E-state index contributed by atoms with van der Waals surface area (Å²) in [5.41, 5.74) is 5.90. The fourth-order valence-electron chi connectivity index (χ4n) is 1.43. The Hall–Kier alpha value is -2.64. The first-order valence-corrected chi connectivity index (χ1v) is 5.21. The molecule has 1 amide bonds. The monoisotopic (exact) mass is 268 g/mol. The Kier molecular flexibility index (Phi) is 3.60. The molecule has 0 atom stereocenters. The van der Waals surface area contributed by atoms with E-state index in [0.717, 1.165) is 0 Å². The van der Waals surface area contributed by atoms with E-state index in [0.29, 0.717) is 5.69 Å². The molecule has 2 aromatic rings. The molecule has 0 unspecified atom stereocenters. The standard InChI is InChI=1S/C11H10F2N4O2/c12-11(13)19-7-3-1-6(2-4-7)16-10-8(9(14)18)5-15-17-10/h1-5,11H,(H2,14,18)(H2,15,16,17). The van der Waals surface area contributed by atoms with Crippen molar-refractivity contribution in [3.8, 4) is 5.75 Å². The third-order valence-electron chi connectivity index (χ3n) is 2.25. The summed E-state index contributed by atoms with van der Waals surface area (Å²) < 4.78 is 28.1. The second-order valence-corrected chi connectivity index (χ2v) is 3.54. The van der Waals surface area contributed by atoms with Gasteiger partial charge in [-0.25, -0.2) is 0 Å². The molecular formula is C11H10F2N4O2. The first kappa shape index (κ1) is 12.8. The van der Waals surface area contributed by atoms with E-state index in [-0.39, 0.29) is 17.1 Å². The zero-order valence-corrected chi connectivity index (χ0v) is 9.56. The number of aromatic amines is 1. The van der Waals surface area contributed by atoms with Crippen molar-refractivity contribution in [3.63, 3.8) is 0 Å². The van der Waals surface area contributed by atoms with Crippen LogP contribution >= 0.6 is 0 Å². The number of amides is 1. The predicted molar refractivity (Wildman–Crippen MR) is 63.5 cm³/mol. The number of hydrogen-bond acceptors (Lipinski definition) is 4. The van der Waals surface area contributed by atoms with Gasteiger partial charge in [-0.05, 0) is 24.3 Å². The summed E-state index contributed by atoms with van der Waals surface area (Å²) in [6.45, 7) is -2.87. The lowest BCUT2D eigenvalue weighted by Gasteiger charge is -2.07. The minimum atomic E-state index is -2.87. The molecule has 0 saturated carbocycles. The first-order valence-electron chi connectivity index (χ1n) is 5.21. The highest BCUT2D eigenvalue weighted by Gasteiger charge is 2.11. The third kappa shape index (κ3) is 3.18. The van der Waals surface area contributed by atoms with Crippen molar-refractivity contribution in [2.75, 3.05) is 5.32 Å². The number of hydrogen-bond donors (Lipinski definition) is 3. The fourth-order valence-corrected chi connectivity index (χ4v) is 1.43. The average Bonchev–Trinajstić information content (AvgIpc) is 2.79. The molecule has 0 radical (unpaired) electrons. The second-order valence-electron chi connectivity index (χ2n) is 3.54. The fraction of sp³-hybridized carbons (Fsp3) is 0.0909. The van der Waals surface area contributed by atoms with E-state index in [2.05, 4.69) is 20.3 Å². The molecule has 0 bridgehead atoms. The maximum Gasteiger partial charge on any atom is 0.387 e. The van der Waals surface area contributed by atoms with E-state index in [1.165, 1.54) is 30.5 Å². The molecule has 8 heteroatoms.